The molecule has 0 unspecified atom stereocenters. The third-order valence-corrected chi connectivity index (χ3v) is 7.92. The van der Waals surface area contributed by atoms with Crippen LogP contribution in [0.1, 0.15) is 25.2 Å². The van der Waals surface area contributed by atoms with E-state index in [0.29, 0.717) is 0 Å². The first-order valence-corrected chi connectivity index (χ1v) is 12.2. The summed E-state index contributed by atoms with van der Waals surface area (Å²) in [5.41, 5.74) is 8.19. The maximum atomic E-state index is 6.90. The van der Waals surface area contributed by atoms with Gasteiger partial charge in [0.1, 0.15) is 5.76 Å². The van der Waals surface area contributed by atoms with Crippen LogP contribution in [0.4, 0.5) is 0 Å². The van der Waals surface area contributed by atoms with E-state index >= 15 is 0 Å². The van der Waals surface area contributed by atoms with E-state index in [4.69, 9.17) is 4.42 Å². The van der Waals surface area contributed by atoms with Crippen molar-refractivity contribution in [3.63, 3.8) is 0 Å². The quantitative estimate of drug-likeness (QED) is 0.244. The van der Waals surface area contributed by atoms with Crippen LogP contribution < -0.4 is 0 Å². The number of para-hydroxylation sites is 1. The number of furan rings is 1. The second-order valence-corrected chi connectivity index (χ2v) is 10.2. The molecule has 1 aliphatic carbocycles. The van der Waals surface area contributed by atoms with Gasteiger partial charge in [0.15, 0.2) is 5.58 Å². The molecule has 0 spiro atoms. The second-order valence-electron chi connectivity index (χ2n) is 10.2. The van der Waals surface area contributed by atoms with Crippen molar-refractivity contribution in [1.82, 2.24) is 4.57 Å². The molecule has 0 bridgehead atoms. The lowest BCUT2D eigenvalue weighted by Gasteiger charge is -2.18. The summed E-state index contributed by atoms with van der Waals surface area (Å²) in [6.45, 7) is 4.55. The SMILES string of the molecule is CC1(C)c2ccccc2-c2c1oc1c2ccc2c3ccc4ccccc4c3n(-c3ccccc3)c21. The summed E-state index contributed by atoms with van der Waals surface area (Å²) in [6.07, 6.45) is 0. The first-order chi connectivity index (χ1) is 17.1. The molecule has 0 fully saturated rings. The zero-order valence-electron chi connectivity index (χ0n) is 19.7. The van der Waals surface area contributed by atoms with Crippen molar-refractivity contribution in [3.8, 4) is 16.8 Å². The molecule has 0 aliphatic heterocycles. The lowest BCUT2D eigenvalue weighted by Crippen LogP contribution is -2.14. The molecule has 2 heteroatoms. The third-order valence-electron chi connectivity index (χ3n) is 7.92. The zero-order chi connectivity index (χ0) is 23.3. The Morgan fingerprint density at radius 1 is 0.600 bits per heavy atom. The van der Waals surface area contributed by atoms with Crippen LogP contribution in [0, 0.1) is 0 Å². The van der Waals surface area contributed by atoms with Gasteiger partial charge in [0.2, 0.25) is 0 Å². The summed E-state index contributed by atoms with van der Waals surface area (Å²) in [5.74, 6) is 1.07. The Kier molecular flexibility index (Phi) is 3.50. The summed E-state index contributed by atoms with van der Waals surface area (Å²) in [5, 5.41) is 6.16. The Morgan fingerprint density at radius 3 is 2.17 bits per heavy atom. The van der Waals surface area contributed by atoms with Crippen LogP contribution in [-0.4, -0.2) is 4.57 Å². The predicted octanol–water partition coefficient (Wildman–Crippen LogP) is 8.99. The lowest BCUT2D eigenvalue weighted by atomic mass is 9.86. The van der Waals surface area contributed by atoms with E-state index in [1.807, 2.05) is 0 Å². The van der Waals surface area contributed by atoms with Crippen molar-refractivity contribution in [2.75, 3.05) is 0 Å². The van der Waals surface area contributed by atoms with Gasteiger partial charge >= 0.3 is 0 Å². The molecule has 0 amide bonds. The number of fused-ring (bicyclic) bond motifs is 11. The Balaban J connectivity index is 1.62. The standard InChI is InChI=1S/C33H23NO/c1-33(2)27-15-9-8-14-25(27)28-26-19-18-24-23-17-16-20-10-6-7-13-22(20)29(23)34(21-11-4-3-5-12-21)30(24)31(26)35-32(28)33/h3-19H,1-2H3. The van der Waals surface area contributed by atoms with Crippen molar-refractivity contribution in [2.24, 2.45) is 0 Å². The average molecular weight is 450 g/mol. The molecule has 0 atom stereocenters. The number of nitrogens with zero attached hydrogens (tertiary/aromatic N) is 1. The minimum Gasteiger partial charge on any atom is -0.457 e. The molecule has 0 radical (unpaired) electrons. The molecule has 2 heterocycles. The normalized spacial score (nSPS) is 14.2. The molecule has 35 heavy (non-hydrogen) atoms. The minimum absolute atomic E-state index is 0.173. The van der Waals surface area contributed by atoms with Crippen molar-refractivity contribution >= 4 is 43.5 Å². The summed E-state index contributed by atoms with van der Waals surface area (Å²) >= 11 is 0. The lowest BCUT2D eigenvalue weighted by molar-refractivity contribution is 0.466. The summed E-state index contributed by atoms with van der Waals surface area (Å²) in [7, 11) is 0. The largest absolute Gasteiger partial charge is 0.457 e. The van der Waals surface area contributed by atoms with Gasteiger partial charge < -0.3 is 8.98 Å². The summed E-state index contributed by atoms with van der Waals surface area (Å²) in [6, 6.07) is 37.1. The number of hydrogen-bond acceptors (Lipinski definition) is 1. The van der Waals surface area contributed by atoms with Crippen LogP contribution in [-0.2, 0) is 5.41 Å². The van der Waals surface area contributed by atoms with Crippen LogP contribution in [0.5, 0.6) is 0 Å². The topological polar surface area (TPSA) is 18.1 Å². The van der Waals surface area contributed by atoms with E-state index in [0.717, 1.165) is 22.5 Å². The summed E-state index contributed by atoms with van der Waals surface area (Å²) in [4.78, 5) is 0. The highest BCUT2D eigenvalue weighted by atomic mass is 16.3. The fourth-order valence-corrected chi connectivity index (χ4v) is 6.32. The van der Waals surface area contributed by atoms with Crippen LogP contribution in [0.2, 0.25) is 0 Å². The Bertz CT molecular complexity index is 1970. The molecule has 7 aromatic rings. The van der Waals surface area contributed by atoms with E-state index in [1.54, 1.807) is 0 Å². The van der Waals surface area contributed by atoms with Gasteiger partial charge in [0.25, 0.3) is 0 Å². The number of rotatable bonds is 1. The van der Waals surface area contributed by atoms with Crippen molar-refractivity contribution < 1.29 is 4.42 Å². The van der Waals surface area contributed by atoms with Gasteiger partial charge in [-0.1, -0.05) is 84.9 Å². The van der Waals surface area contributed by atoms with Gasteiger partial charge in [-0.05, 0) is 48.6 Å². The maximum absolute atomic E-state index is 6.90. The van der Waals surface area contributed by atoms with Crippen molar-refractivity contribution in [1.29, 1.82) is 0 Å². The van der Waals surface area contributed by atoms with Crippen LogP contribution in [0.3, 0.4) is 0 Å². The number of benzene rings is 5. The van der Waals surface area contributed by atoms with Crippen LogP contribution in [0.15, 0.2) is 108 Å². The monoisotopic (exact) mass is 449 g/mol. The van der Waals surface area contributed by atoms with Gasteiger partial charge in [-0.25, -0.2) is 0 Å². The molecule has 0 N–H and O–H groups in total. The van der Waals surface area contributed by atoms with E-state index < -0.39 is 0 Å². The van der Waals surface area contributed by atoms with Crippen molar-refractivity contribution in [2.45, 2.75) is 19.3 Å². The highest BCUT2D eigenvalue weighted by Crippen LogP contribution is 2.54. The fraction of sp³-hybridized carbons (Fsp3) is 0.0909. The Hall–Kier alpha value is -4.30. The highest BCUT2D eigenvalue weighted by molar-refractivity contribution is 6.24. The molecular weight excluding hydrogens is 426 g/mol. The van der Waals surface area contributed by atoms with Gasteiger partial charge in [0, 0.05) is 38.2 Å². The molecule has 0 saturated carbocycles. The molecular formula is C33H23NO. The van der Waals surface area contributed by atoms with E-state index in [1.165, 1.54) is 49.1 Å². The van der Waals surface area contributed by atoms with Gasteiger partial charge in [-0.3, -0.25) is 0 Å². The first kappa shape index (κ1) is 19.1. The van der Waals surface area contributed by atoms with E-state index in [9.17, 15) is 0 Å². The maximum Gasteiger partial charge on any atom is 0.159 e. The smallest absolute Gasteiger partial charge is 0.159 e. The van der Waals surface area contributed by atoms with E-state index in [-0.39, 0.29) is 5.41 Å². The number of hydrogen-bond donors (Lipinski definition) is 0. The highest BCUT2D eigenvalue weighted by Gasteiger charge is 2.40. The van der Waals surface area contributed by atoms with E-state index in [2.05, 4.69) is 122 Å². The molecule has 166 valence electrons. The van der Waals surface area contributed by atoms with Gasteiger partial charge in [-0.15, -0.1) is 0 Å². The molecule has 0 saturated heterocycles. The van der Waals surface area contributed by atoms with Crippen molar-refractivity contribution in [3.05, 3.63) is 114 Å². The molecule has 2 aromatic heterocycles. The average Bonchev–Trinajstić information content (AvgIpc) is 3.52. The molecule has 5 aromatic carbocycles. The first-order valence-electron chi connectivity index (χ1n) is 12.2. The fourth-order valence-electron chi connectivity index (χ4n) is 6.32. The van der Waals surface area contributed by atoms with Gasteiger partial charge in [-0.2, -0.15) is 0 Å². The van der Waals surface area contributed by atoms with Crippen LogP contribution in [0.25, 0.3) is 60.4 Å². The minimum atomic E-state index is -0.173. The second kappa shape index (κ2) is 6.43. The zero-order valence-corrected chi connectivity index (χ0v) is 19.7. The number of aromatic nitrogens is 1. The molecule has 8 rings (SSSR count). The third kappa shape index (κ3) is 2.29. The van der Waals surface area contributed by atoms with Gasteiger partial charge in [0.05, 0.1) is 11.0 Å². The summed E-state index contributed by atoms with van der Waals surface area (Å²) < 4.78 is 9.31. The Morgan fingerprint density at radius 2 is 1.29 bits per heavy atom. The Labute approximate surface area is 203 Å². The predicted molar refractivity (Wildman–Crippen MR) is 146 cm³/mol. The molecule has 1 aliphatic rings. The molecule has 2 nitrogen and oxygen atoms in total. The van der Waals surface area contributed by atoms with Crippen LogP contribution >= 0.6 is 0 Å².